The molecule has 0 atom stereocenters. The molecule has 0 bridgehead atoms. The molecule has 22 heavy (non-hydrogen) atoms. The highest BCUT2D eigenvalue weighted by Gasteiger charge is 2.24. The lowest BCUT2D eigenvalue weighted by molar-refractivity contribution is 0.414. The van der Waals surface area contributed by atoms with Crippen molar-refractivity contribution in [3.05, 3.63) is 66.2 Å². The van der Waals surface area contributed by atoms with Gasteiger partial charge >= 0.3 is 0 Å². The summed E-state index contributed by atoms with van der Waals surface area (Å²) in [5, 5.41) is 0.469. The second kappa shape index (κ2) is 6.85. The van der Waals surface area contributed by atoms with Crippen molar-refractivity contribution in [3.8, 4) is 5.75 Å². The second-order valence-corrected chi connectivity index (χ2v) is 6.78. The molecule has 0 N–H and O–H groups in total. The molecule has 2 rings (SSSR count). The Kier molecular flexibility index (Phi) is 5.11. The molecule has 0 aliphatic carbocycles. The van der Waals surface area contributed by atoms with Crippen LogP contribution in [0.25, 0.3) is 0 Å². The van der Waals surface area contributed by atoms with E-state index in [0.29, 0.717) is 16.5 Å². The van der Waals surface area contributed by atoms with E-state index >= 15 is 0 Å². The molecule has 0 aromatic heterocycles. The lowest BCUT2D eigenvalue weighted by Gasteiger charge is -2.23. The first kappa shape index (κ1) is 16.4. The van der Waals surface area contributed by atoms with Crippen LogP contribution in [0.1, 0.15) is 0 Å². The third-order valence-electron chi connectivity index (χ3n) is 3.04. The number of benzene rings is 2. The van der Waals surface area contributed by atoms with Gasteiger partial charge in [-0.2, -0.15) is 0 Å². The van der Waals surface area contributed by atoms with Gasteiger partial charge in [-0.15, -0.1) is 6.58 Å². The smallest absolute Gasteiger partial charge is 0.264 e. The Bertz CT molecular complexity index is 757. The van der Waals surface area contributed by atoms with Crippen LogP contribution >= 0.6 is 11.6 Å². The van der Waals surface area contributed by atoms with Crippen LogP contribution in [0.5, 0.6) is 5.75 Å². The third kappa shape index (κ3) is 3.43. The largest absolute Gasteiger partial charge is 0.497 e. The molecule has 0 amide bonds. The number of hydrogen-bond acceptors (Lipinski definition) is 3. The van der Waals surface area contributed by atoms with Gasteiger partial charge in [-0.3, -0.25) is 4.31 Å². The minimum absolute atomic E-state index is 0.148. The van der Waals surface area contributed by atoms with Gasteiger partial charge in [0.15, 0.2) is 0 Å². The first-order chi connectivity index (χ1) is 10.5. The van der Waals surface area contributed by atoms with E-state index < -0.39 is 10.0 Å². The molecule has 0 heterocycles. The SMILES string of the molecule is C=CCN(c1cccc(Cl)c1)S(=O)(=O)c1ccc(OC)cc1. The molecule has 0 aliphatic heterocycles. The molecule has 0 aliphatic rings. The van der Waals surface area contributed by atoms with Gasteiger partial charge in [0.2, 0.25) is 0 Å². The third-order valence-corrected chi connectivity index (χ3v) is 5.08. The molecule has 0 unspecified atom stereocenters. The summed E-state index contributed by atoms with van der Waals surface area (Å²) >= 11 is 5.96. The fourth-order valence-corrected chi connectivity index (χ4v) is 3.58. The van der Waals surface area contributed by atoms with E-state index in [4.69, 9.17) is 16.3 Å². The van der Waals surface area contributed by atoms with Crippen LogP contribution in [-0.2, 0) is 10.0 Å². The number of sulfonamides is 1. The summed E-state index contributed by atoms with van der Waals surface area (Å²) in [6.07, 6.45) is 1.53. The first-order valence-electron chi connectivity index (χ1n) is 6.52. The Morgan fingerprint density at radius 1 is 1.23 bits per heavy atom. The number of methoxy groups -OCH3 is 1. The Morgan fingerprint density at radius 3 is 2.45 bits per heavy atom. The van der Waals surface area contributed by atoms with Crippen LogP contribution in [0, 0.1) is 0 Å². The fraction of sp³-hybridized carbons (Fsp3) is 0.125. The van der Waals surface area contributed by atoms with Crippen molar-refractivity contribution in [1.29, 1.82) is 0 Å². The van der Waals surface area contributed by atoms with Crippen LogP contribution in [0.15, 0.2) is 66.1 Å². The maximum Gasteiger partial charge on any atom is 0.264 e. The molecule has 116 valence electrons. The molecule has 2 aromatic carbocycles. The van der Waals surface area contributed by atoms with Gasteiger partial charge in [-0.25, -0.2) is 8.42 Å². The van der Waals surface area contributed by atoms with Crippen molar-refractivity contribution < 1.29 is 13.2 Å². The monoisotopic (exact) mass is 337 g/mol. The Balaban J connectivity index is 2.47. The van der Waals surface area contributed by atoms with Gasteiger partial charge in [-0.05, 0) is 42.5 Å². The number of nitrogens with zero attached hydrogens (tertiary/aromatic N) is 1. The zero-order valence-electron chi connectivity index (χ0n) is 12.1. The van der Waals surface area contributed by atoms with Crippen molar-refractivity contribution in [3.63, 3.8) is 0 Å². The maximum atomic E-state index is 12.8. The number of halogens is 1. The van der Waals surface area contributed by atoms with Crippen LogP contribution in [0.3, 0.4) is 0 Å². The topological polar surface area (TPSA) is 46.6 Å². The molecular formula is C16H16ClNO3S. The first-order valence-corrected chi connectivity index (χ1v) is 8.34. The van der Waals surface area contributed by atoms with Gasteiger partial charge in [0.25, 0.3) is 10.0 Å². The lowest BCUT2D eigenvalue weighted by atomic mass is 10.3. The van der Waals surface area contributed by atoms with E-state index in [0.717, 1.165) is 0 Å². The summed E-state index contributed by atoms with van der Waals surface area (Å²) in [4.78, 5) is 0.176. The summed E-state index contributed by atoms with van der Waals surface area (Å²) in [7, 11) is -2.18. The molecule has 0 saturated heterocycles. The minimum Gasteiger partial charge on any atom is -0.497 e. The van der Waals surface area contributed by atoms with Crippen molar-refractivity contribution >= 4 is 27.3 Å². The standard InChI is InChI=1S/C16H16ClNO3S/c1-3-11-18(14-6-4-5-13(17)12-14)22(19,20)16-9-7-15(21-2)8-10-16/h3-10,12H,1,11H2,2H3. The zero-order valence-corrected chi connectivity index (χ0v) is 13.6. The highest BCUT2D eigenvalue weighted by atomic mass is 35.5. The van der Waals surface area contributed by atoms with Gasteiger partial charge < -0.3 is 4.74 Å². The number of ether oxygens (including phenoxy) is 1. The highest BCUT2D eigenvalue weighted by molar-refractivity contribution is 7.92. The Morgan fingerprint density at radius 2 is 1.91 bits per heavy atom. The Hall–Kier alpha value is -1.98. The van der Waals surface area contributed by atoms with Crippen LogP contribution in [-0.4, -0.2) is 22.1 Å². The van der Waals surface area contributed by atoms with Crippen LogP contribution < -0.4 is 9.04 Å². The fourth-order valence-electron chi connectivity index (χ4n) is 1.97. The summed E-state index contributed by atoms with van der Waals surface area (Å²) in [6.45, 7) is 3.77. The molecule has 0 radical (unpaired) electrons. The average molecular weight is 338 g/mol. The molecule has 6 heteroatoms. The van der Waals surface area contributed by atoms with Crippen LogP contribution in [0.4, 0.5) is 5.69 Å². The van der Waals surface area contributed by atoms with Gasteiger partial charge in [-0.1, -0.05) is 23.7 Å². The molecule has 0 saturated carbocycles. The maximum absolute atomic E-state index is 12.8. The molecule has 2 aromatic rings. The van der Waals surface area contributed by atoms with Crippen molar-refractivity contribution in [2.24, 2.45) is 0 Å². The summed E-state index contributed by atoms with van der Waals surface area (Å²) in [5.74, 6) is 0.594. The predicted molar refractivity (Wildman–Crippen MR) is 89.2 cm³/mol. The molecule has 0 spiro atoms. The van der Waals surface area contributed by atoms with E-state index in [9.17, 15) is 8.42 Å². The van der Waals surface area contributed by atoms with Crippen molar-refractivity contribution in [2.75, 3.05) is 18.0 Å². The van der Waals surface area contributed by atoms with Gasteiger partial charge in [0.05, 0.1) is 24.2 Å². The molecule has 4 nitrogen and oxygen atoms in total. The quantitative estimate of drug-likeness (QED) is 0.754. The summed E-state index contributed by atoms with van der Waals surface area (Å²) < 4.78 is 32.0. The summed E-state index contributed by atoms with van der Waals surface area (Å²) in [6, 6.07) is 12.9. The lowest BCUT2D eigenvalue weighted by Crippen LogP contribution is -2.31. The number of hydrogen-bond donors (Lipinski definition) is 0. The van der Waals surface area contributed by atoms with Crippen molar-refractivity contribution in [2.45, 2.75) is 4.90 Å². The minimum atomic E-state index is -3.71. The average Bonchev–Trinajstić information content (AvgIpc) is 2.52. The normalized spacial score (nSPS) is 11.0. The number of rotatable bonds is 6. The highest BCUT2D eigenvalue weighted by Crippen LogP contribution is 2.27. The van der Waals surface area contributed by atoms with Gasteiger partial charge in [0.1, 0.15) is 5.75 Å². The van der Waals surface area contributed by atoms with E-state index in [1.807, 2.05) is 0 Å². The summed E-state index contributed by atoms with van der Waals surface area (Å²) in [5.41, 5.74) is 0.489. The zero-order chi connectivity index (χ0) is 16.2. The molecular weight excluding hydrogens is 322 g/mol. The second-order valence-electron chi connectivity index (χ2n) is 4.48. The van der Waals surface area contributed by atoms with Crippen molar-refractivity contribution in [1.82, 2.24) is 0 Å². The molecule has 0 fully saturated rings. The van der Waals surface area contributed by atoms with Crippen LogP contribution in [0.2, 0.25) is 5.02 Å². The van der Waals surface area contributed by atoms with E-state index in [-0.39, 0.29) is 11.4 Å². The van der Waals surface area contributed by atoms with E-state index in [1.54, 1.807) is 36.4 Å². The predicted octanol–water partition coefficient (Wildman–Crippen LogP) is 3.73. The van der Waals surface area contributed by atoms with Gasteiger partial charge in [0, 0.05) is 5.02 Å². The number of anilines is 1. The Labute approximate surface area is 135 Å². The van der Waals surface area contributed by atoms with E-state index in [2.05, 4.69) is 6.58 Å². The van der Waals surface area contributed by atoms with E-state index in [1.165, 1.54) is 29.6 Å².